The number of nitrogens with two attached hydrogens (primary N) is 1. The molecule has 0 amide bonds. The average Bonchev–Trinajstić information content (AvgIpc) is 3.08. The van der Waals surface area contributed by atoms with Crippen molar-refractivity contribution in [3.63, 3.8) is 0 Å². The Kier molecular flexibility index (Phi) is 3.59. The van der Waals surface area contributed by atoms with Gasteiger partial charge in [-0.25, -0.2) is 4.98 Å². The maximum atomic E-state index is 12.7. The van der Waals surface area contributed by atoms with Crippen molar-refractivity contribution in [3.05, 3.63) is 83.9 Å². The SMILES string of the molecule is Nc1c(C(=O)c2ccccc2)ccc2sc(-c3ccccc3)nc12. The Balaban J connectivity index is 1.82. The van der Waals surface area contributed by atoms with E-state index < -0.39 is 0 Å². The maximum Gasteiger partial charge on any atom is 0.195 e. The van der Waals surface area contributed by atoms with Crippen molar-refractivity contribution in [2.24, 2.45) is 0 Å². The fourth-order valence-corrected chi connectivity index (χ4v) is 3.65. The zero-order chi connectivity index (χ0) is 16.5. The number of ketones is 1. The summed E-state index contributed by atoms with van der Waals surface area (Å²) in [5.74, 6) is -0.0794. The van der Waals surface area contributed by atoms with E-state index in [1.807, 2.05) is 54.6 Å². The standard InChI is InChI=1S/C20H14N2OS/c21-17-15(19(23)13-7-3-1-4-8-13)11-12-16-18(17)22-20(24-16)14-9-5-2-6-10-14/h1-12H,21H2. The lowest BCUT2D eigenvalue weighted by Crippen LogP contribution is -2.05. The van der Waals surface area contributed by atoms with Gasteiger partial charge in [0.2, 0.25) is 0 Å². The van der Waals surface area contributed by atoms with Gasteiger partial charge in [-0.15, -0.1) is 11.3 Å². The van der Waals surface area contributed by atoms with E-state index in [1.54, 1.807) is 29.5 Å². The number of aromatic nitrogens is 1. The number of carbonyl (C=O) groups excluding carboxylic acids is 1. The number of thiazole rings is 1. The van der Waals surface area contributed by atoms with E-state index >= 15 is 0 Å². The van der Waals surface area contributed by atoms with Gasteiger partial charge in [0.1, 0.15) is 10.5 Å². The Hall–Kier alpha value is -2.98. The second-order valence-electron chi connectivity index (χ2n) is 5.45. The van der Waals surface area contributed by atoms with Crippen LogP contribution in [0.15, 0.2) is 72.8 Å². The molecule has 4 rings (SSSR count). The van der Waals surface area contributed by atoms with Gasteiger partial charge in [0.15, 0.2) is 5.78 Å². The summed E-state index contributed by atoms with van der Waals surface area (Å²) in [6.07, 6.45) is 0. The number of nitrogens with zero attached hydrogens (tertiary/aromatic N) is 1. The topological polar surface area (TPSA) is 56.0 Å². The van der Waals surface area contributed by atoms with Crippen molar-refractivity contribution >= 4 is 33.0 Å². The highest BCUT2D eigenvalue weighted by atomic mass is 32.1. The first kappa shape index (κ1) is 14.6. The summed E-state index contributed by atoms with van der Waals surface area (Å²) in [5.41, 5.74) is 9.59. The predicted molar refractivity (Wildman–Crippen MR) is 99.3 cm³/mol. The van der Waals surface area contributed by atoms with E-state index in [0.29, 0.717) is 22.3 Å². The lowest BCUT2D eigenvalue weighted by atomic mass is 10.0. The molecular weight excluding hydrogens is 316 g/mol. The van der Waals surface area contributed by atoms with Gasteiger partial charge in [0.25, 0.3) is 0 Å². The molecule has 1 heterocycles. The molecule has 2 N–H and O–H groups in total. The third-order valence-corrected chi connectivity index (χ3v) is 4.97. The number of anilines is 1. The van der Waals surface area contributed by atoms with Gasteiger partial charge in [-0.3, -0.25) is 4.79 Å². The van der Waals surface area contributed by atoms with Crippen LogP contribution >= 0.6 is 11.3 Å². The molecule has 116 valence electrons. The summed E-state index contributed by atoms with van der Waals surface area (Å²) in [4.78, 5) is 17.3. The molecule has 0 bridgehead atoms. The van der Waals surface area contributed by atoms with E-state index in [9.17, 15) is 4.79 Å². The number of hydrogen-bond acceptors (Lipinski definition) is 4. The molecule has 0 fully saturated rings. The van der Waals surface area contributed by atoms with E-state index in [-0.39, 0.29) is 5.78 Å². The number of rotatable bonds is 3. The van der Waals surface area contributed by atoms with Crippen molar-refractivity contribution in [2.75, 3.05) is 5.73 Å². The lowest BCUT2D eigenvalue weighted by Gasteiger charge is -2.05. The highest BCUT2D eigenvalue weighted by molar-refractivity contribution is 7.21. The zero-order valence-electron chi connectivity index (χ0n) is 12.8. The average molecular weight is 330 g/mol. The molecule has 0 saturated heterocycles. The first-order valence-electron chi connectivity index (χ1n) is 7.58. The summed E-state index contributed by atoms with van der Waals surface area (Å²) in [6.45, 7) is 0. The van der Waals surface area contributed by atoms with Crippen LogP contribution in [0.1, 0.15) is 15.9 Å². The van der Waals surface area contributed by atoms with Crippen LogP contribution in [0.2, 0.25) is 0 Å². The highest BCUT2D eigenvalue weighted by Crippen LogP contribution is 2.34. The second-order valence-corrected chi connectivity index (χ2v) is 6.48. The van der Waals surface area contributed by atoms with Crippen LogP contribution in [0, 0.1) is 0 Å². The maximum absolute atomic E-state index is 12.7. The third-order valence-electron chi connectivity index (χ3n) is 3.90. The molecule has 0 aliphatic rings. The Bertz CT molecular complexity index is 1020. The zero-order valence-corrected chi connectivity index (χ0v) is 13.6. The van der Waals surface area contributed by atoms with Crippen LogP contribution in [0.4, 0.5) is 5.69 Å². The fourth-order valence-electron chi connectivity index (χ4n) is 2.66. The summed E-state index contributed by atoms with van der Waals surface area (Å²) >= 11 is 1.58. The highest BCUT2D eigenvalue weighted by Gasteiger charge is 2.17. The molecule has 0 saturated carbocycles. The van der Waals surface area contributed by atoms with Crippen molar-refractivity contribution < 1.29 is 4.79 Å². The van der Waals surface area contributed by atoms with Crippen LogP contribution in [-0.2, 0) is 0 Å². The Morgan fingerprint density at radius 3 is 2.25 bits per heavy atom. The van der Waals surface area contributed by atoms with Crippen molar-refractivity contribution in [3.8, 4) is 10.6 Å². The number of carbonyl (C=O) groups is 1. The molecule has 0 aliphatic carbocycles. The van der Waals surface area contributed by atoms with Crippen LogP contribution in [0.25, 0.3) is 20.8 Å². The predicted octanol–water partition coefficient (Wildman–Crippen LogP) is 4.78. The van der Waals surface area contributed by atoms with Crippen molar-refractivity contribution in [1.82, 2.24) is 4.98 Å². The molecule has 3 nitrogen and oxygen atoms in total. The van der Waals surface area contributed by atoms with E-state index in [1.165, 1.54) is 0 Å². The normalized spacial score (nSPS) is 10.8. The number of fused-ring (bicyclic) bond motifs is 1. The molecule has 0 spiro atoms. The minimum atomic E-state index is -0.0794. The van der Waals surface area contributed by atoms with Gasteiger partial charge >= 0.3 is 0 Å². The molecule has 24 heavy (non-hydrogen) atoms. The second kappa shape index (κ2) is 5.91. The van der Waals surface area contributed by atoms with Crippen LogP contribution < -0.4 is 5.73 Å². The van der Waals surface area contributed by atoms with Crippen LogP contribution in [-0.4, -0.2) is 10.8 Å². The fraction of sp³-hybridized carbons (Fsp3) is 0. The van der Waals surface area contributed by atoms with Crippen LogP contribution in [0.5, 0.6) is 0 Å². The van der Waals surface area contributed by atoms with E-state index in [2.05, 4.69) is 4.98 Å². The Labute approximate surface area is 143 Å². The number of nitrogen functional groups attached to an aromatic ring is 1. The smallest absolute Gasteiger partial charge is 0.195 e. The van der Waals surface area contributed by atoms with Crippen LogP contribution in [0.3, 0.4) is 0 Å². The first-order valence-corrected chi connectivity index (χ1v) is 8.40. The molecule has 0 unspecified atom stereocenters. The number of hydrogen-bond donors (Lipinski definition) is 1. The molecular formula is C20H14N2OS. The van der Waals surface area contributed by atoms with Gasteiger partial charge in [-0.05, 0) is 12.1 Å². The van der Waals surface area contributed by atoms with Gasteiger partial charge < -0.3 is 5.73 Å². The van der Waals surface area contributed by atoms with E-state index in [0.717, 1.165) is 15.3 Å². The molecule has 0 aliphatic heterocycles. The molecule has 3 aromatic carbocycles. The van der Waals surface area contributed by atoms with Gasteiger partial charge in [0.05, 0.1) is 10.4 Å². The quantitative estimate of drug-likeness (QED) is 0.434. The molecule has 4 heteroatoms. The Morgan fingerprint density at radius 1 is 0.875 bits per heavy atom. The molecule has 1 aromatic heterocycles. The molecule has 4 aromatic rings. The monoisotopic (exact) mass is 330 g/mol. The van der Waals surface area contributed by atoms with Gasteiger partial charge in [0, 0.05) is 16.7 Å². The third kappa shape index (κ3) is 2.47. The summed E-state index contributed by atoms with van der Waals surface area (Å²) in [6, 6.07) is 22.9. The molecule has 0 atom stereocenters. The van der Waals surface area contributed by atoms with E-state index in [4.69, 9.17) is 5.73 Å². The molecule has 0 radical (unpaired) electrons. The number of benzene rings is 3. The minimum Gasteiger partial charge on any atom is -0.396 e. The van der Waals surface area contributed by atoms with Gasteiger partial charge in [-0.2, -0.15) is 0 Å². The summed E-state index contributed by atoms with van der Waals surface area (Å²) in [7, 11) is 0. The lowest BCUT2D eigenvalue weighted by molar-refractivity contribution is 0.103. The Morgan fingerprint density at radius 2 is 1.54 bits per heavy atom. The summed E-state index contributed by atoms with van der Waals surface area (Å²) in [5, 5.41) is 0.904. The minimum absolute atomic E-state index is 0.0794. The van der Waals surface area contributed by atoms with Crippen molar-refractivity contribution in [1.29, 1.82) is 0 Å². The first-order chi connectivity index (χ1) is 11.7. The summed E-state index contributed by atoms with van der Waals surface area (Å²) < 4.78 is 0.982. The van der Waals surface area contributed by atoms with Crippen molar-refractivity contribution in [2.45, 2.75) is 0 Å². The van der Waals surface area contributed by atoms with Gasteiger partial charge in [-0.1, -0.05) is 60.7 Å². The largest absolute Gasteiger partial charge is 0.396 e.